The Hall–Kier alpha value is -3.21. The standard InChI is InChI=1S/C14H13N5O3/c1-8-5-9(2)18-14(20)11(8)7-17-13-12(19(21)22)10(6-15)3-4-16-13/h3-5H,7H2,1-2H3,(H,16,17)(H,18,20). The van der Waals surface area contributed by atoms with Gasteiger partial charge in [0.25, 0.3) is 5.56 Å². The van der Waals surface area contributed by atoms with Crippen molar-refractivity contribution in [3.05, 3.63) is 61.2 Å². The molecule has 0 amide bonds. The fraction of sp³-hybridized carbons (Fsp3) is 0.214. The highest BCUT2D eigenvalue weighted by molar-refractivity contribution is 5.64. The minimum atomic E-state index is -0.667. The van der Waals surface area contributed by atoms with Crippen molar-refractivity contribution in [3.63, 3.8) is 0 Å². The summed E-state index contributed by atoms with van der Waals surface area (Å²) in [6, 6.07) is 4.84. The number of pyridine rings is 2. The van der Waals surface area contributed by atoms with E-state index in [0.29, 0.717) is 5.56 Å². The van der Waals surface area contributed by atoms with E-state index in [4.69, 9.17) is 5.26 Å². The van der Waals surface area contributed by atoms with Gasteiger partial charge >= 0.3 is 5.69 Å². The van der Waals surface area contributed by atoms with Crippen LogP contribution in [0.4, 0.5) is 11.5 Å². The van der Waals surface area contributed by atoms with Crippen LogP contribution in [0.3, 0.4) is 0 Å². The van der Waals surface area contributed by atoms with Crippen LogP contribution in [0.5, 0.6) is 0 Å². The molecule has 0 atom stereocenters. The van der Waals surface area contributed by atoms with E-state index in [-0.39, 0.29) is 23.5 Å². The molecule has 0 aliphatic heterocycles. The van der Waals surface area contributed by atoms with Gasteiger partial charge in [0.1, 0.15) is 11.6 Å². The summed E-state index contributed by atoms with van der Waals surface area (Å²) in [4.78, 5) is 28.9. The Labute approximate surface area is 125 Å². The number of nitrogens with one attached hydrogen (secondary N) is 2. The molecule has 0 aliphatic rings. The van der Waals surface area contributed by atoms with Gasteiger partial charge in [-0.3, -0.25) is 14.9 Å². The number of nitriles is 1. The summed E-state index contributed by atoms with van der Waals surface area (Å²) >= 11 is 0. The number of aromatic amines is 1. The summed E-state index contributed by atoms with van der Waals surface area (Å²) in [6.07, 6.45) is 1.31. The molecular weight excluding hydrogens is 286 g/mol. The van der Waals surface area contributed by atoms with Crippen LogP contribution in [0.15, 0.2) is 23.1 Å². The molecular formula is C14H13N5O3. The lowest BCUT2D eigenvalue weighted by molar-refractivity contribution is -0.384. The highest BCUT2D eigenvalue weighted by Crippen LogP contribution is 2.26. The van der Waals surface area contributed by atoms with E-state index in [1.165, 1.54) is 12.3 Å². The van der Waals surface area contributed by atoms with Crippen LogP contribution in [0.2, 0.25) is 0 Å². The molecule has 0 saturated carbocycles. The van der Waals surface area contributed by atoms with E-state index in [2.05, 4.69) is 15.3 Å². The molecule has 2 N–H and O–H groups in total. The zero-order chi connectivity index (χ0) is 16.3. The Morgan fingerprint density at radius 3 is 2.82 bits per heavy atom. The number of anilines is 1. The van der Waals surface area contributed by atoms with E-state index in [9.17, 15) is 14.9 Å². The van der Waals surface area contributed by atoms with Crippen LogP contribution >= 0.6 is 0 Å². The summed E-state index contributed by atoms with van der Waals surface area (Å²) in [7, 11) is 0. The van der Waals surface area contributed by atoms with Gasteiger partial charge < -0.3 is 10.3 Å². The minimum absolute atomic E-state index is 0.0385. The number of aromatic nitrogens is 2. The van der Waals surface area contributed by atoms with Crippen molar-refractivity contribution >= 4 is 11.5 Å². The van der Waals surface area contributed by atoms with Gasteiger partial charge in [-0.05, 0) is 31.5 Å². The smallest absolute Gasteiger partial charge is 0.328 e. The van der Waals surface area contributed by atoms with Crippen LogP contribution in [0, 0.1) is 35.3 Å². The molecule has 0 aliphatic carbocycles. The van der Waals surface area contributed by atoms with Crippen molar-refractivity contribution in [3.8, 4) is 6.07 Å². The first kappa shape index (κ1) is 15.2. The number of nitrogens with zero attached hydrogens (tertiary/aromatic N) is 3. The SMILES string of the molecule is Cc1cc(C)c(CNc2nccc(C#N)c2[N+](=O)[O-])c(=O)[nH]1. The maximum Gasteiger partial charge on any atom is 0.328 e. The predicted molar refractivity (Wildman–Crippen MR) is 79.5 cm³/mol. The van der Waals surface area contributed by atoms with E-state index < -0.39 is 10.6 Å². The first-order valence-electron chi connectivity index (χ1n) is 6.40. The third-order valence-electron chi connectivity index (χ3n) is 3.15. The molecule has 0 saturated heterocycles. The summed E-state index contributed by atoms with van der Waals surface area (Å²) in [5, 5.41) is 22.8. The van der Waals surface area contributed by atoms with E-state index in [0.717, 1.165) is 11.3 Å². The second-order valence-corrected chi connectivity index (χ2v) is 4.72. The molecule has 0 aromatic carbocycles. The Morgan fingerprint density at radius 1 is 1.50 bits per heavy atom. The summed E-state index contributed by atoms with van der Waals surface area (Å²) in [6.45, 7) is 3.63. The van der Waals surface area contributed by atoms with Gasteiger partial charge in [-0.2, -0.15) is 5.26 Å². The number of rotatable bonds is 4. The molecule has 2 aromatic rings. The Balaban J connectivity index is 2.36. The molecule has 0 radical (unpaired) electrons. The molecule has 2 rings (SSSR count). The second-order valence-electron chi connectivity index (χ2n) is 4.72. The van der Waals surface area contributed by atoms with Gasteiger partial charge in [-0.25, -0.2) is 4.98 Å². The van der Waals surface area contributed by atoms with Crippen molar-refractivity contribution in [1.82, 2.24) is 9.97 Å². The predicted octanol–water partition coefficient (Wildman–Crippen LogP) is 1.78. The van der Waals surface area contributed by atoms with Crippen LogP contribution < -0.4 is 10.9 Å². The molecule has 8 heteroatoms. The summed E-state index contributed by atoms with van der Waals surface area (Å²) in [5.41, 5.74) is 1.23. The van der Waals surface area contributed by atoms with Gasteiger partial charge in [-0.15, -0.1) is 0 Å². The first-order chi connectivity index (χ1) is 10.4. The fourth-order valence-electron chi connectivity index (χ4n) is 2.13. The van der Waals surface area contributed by atoms with E-state index in [1.54, 1.807) is 19.9 Å². The minimum Gasteiger partial charge on any atom is -0.360 e. The van der Waals surface area contributed by atoms with Gasteiger partial charge in [-0.1, -0.05) is 0 Å². The lowest BCUT2D eigenvalue weighted by Crippen LogP contribution is -2.19. The second kappa shape index (κ2) is 6.05. The van der Waals surface area contributed by atoms with Crippen molar-refractivity contribution in [2.24, 2.45) is 0 Å². The third kappa shape index (κ3) is 2.93. The van der Waals surface area contributed by atoms with E-state index in [1.807, 2.05) is 6.07 Å². The zero-order valence-corrected chi connectivity index (χ0v) is 12.0. The molecule has 0 bridgehead atoms. The Morgan fingerprint density at radius 2 is 2.23 bits per heavy atom. The topological polar surface area (TPSA) is 125 Å². The maximum absolute atomic E-state index is 11.9. The van der Waals surface area contributed by atoms with Crippen LogP contribution in [-0.2, 0) is 6.54 Å². The molecule has 8 nitrogen and oxygen atoms in total. The molecule has 22 heavy (non-hydrogen) atoms. The largest absolute Gasteiger partial charge is 0.360 e. The average molecular weight is 299 g/mol. The molecule has 0 spiro atoms. The highest BCUT2D eigenvalue weighted by atomic mass is 16.6. The number of aryl methyl sites for hydroxylation is 2. The molecule has 2 aromatic heterocycles. The maximum atomic E-state index is 11.9. The number of H-pyrrole nitrogens is 1. The number of hydrogen-bond donors (Lipinski definition) is 2. The lowest BCUT2D eigenvalue weighted by atomic mass is 10.1. The monoisotopic (exact) mass is 299 g/mol. The molecule has 112 valence electrons. The molecule has 2 heterocycles. The van der Waals surface area contributed by atoms with Crippen LogP contribution in [0.25, 0.3) is 0 Å². The van der Waals surface area contributed by atoms with Crippen LogP contribution in [0.1, 0.15) is 22.4 Å². The van der Waals surface area contributed by atoms with Crippen LogP contribution in [-0.4, -0.2) is 14.9 Å². The summed E-state index contributed by atoms with van der Waals surface area (Å²) in [5.74, 6) is -0.0385. The quantitative estimate of drug-likeness (QED) is 0.654. The van der Waals surface area contributed by atoms with Crippen molar-refractivity contribution in [2.75, 3.05) is 5.32 Å². The molecule has 0 fully saturated rings. The van der Waals surface area contributed by atoms with Crippen molar-refractivity contribution in [2.45, 2.75) is 20.4 Å². The van der Waals surface area contributed by atoms with Crippen molar-refractivity contribution < 1.29 is 4.92 Å². The normalized spacial score (nSPS) is 10.0. The van der Waals surface area contributed by atoms with Gasteiger partial charge in [0.05, 0.1) is 4.92 Å². The Kier molecular flexibility index (Phi) is 4.18. The highest BCUT2D eigenvalue weighted by Gasteiger charge is 2.21. The average Bonchev–Trinajstić information content (AvgIpc) is 2.45. The van der Waals surface area contributed by atoms with Gasteiger partial charge in [0.15, 0.2) is 0 Å². The van der Waals surface area contributed by atoms with Crippen molar-refractivity contribution in [1.29, 1.82) is 5.26 Å². The zero-order valence-electron chi connectivity index (χ0n) is 12.0. The summed E-state index contributed by atoms with van der Waals surface area (Å²) < 4.78 is 0. The number of nitro groups is 1. The lowest BCUT2D eigenvalue weighted by Gasteiger charge is -2.09. The van der Waals surface area contributed by atoms with E-state index >= 15 is 0 Å². The third-order valence-corrected chi connectivity index (χ3v) is 3.15. The number of hydrogen-bond acceptors (Lipinski definition) is 6. The fourth-order valence-corrected chi connectivity index (χ4v) is 2.13. The molecule has 0 unspecified atom stereocenters. The first-order valence-corrected chi connectivity index (χ1v) is 6.40. The Bertz CT molecular complexity index is 835. The van der Waals surface area contributed by atoms with Gasteiger partial charge in [0, 0.05) is 24.0 Å². The van der Waals surface area contributed by atoms with Gasteiger partial charge in [0.2, 0.25) is 5.82 Å².